The lowest BCUT2D eigenvalue weighted by Gasteiger charge is -2.05. The maximum absolute atomic E-state index is 12.5. The second-order valence-electron chi connectivity index (χ2n) is 5.27. The monoisotopic (exact) mass is 369 g/mol. The van der Waals surface area contributed by atoms with Gasteiger partial charge in [-0.3, -0.25) is 4.79 Å². The Morgan fingerprint density at radius 3 is 2.77 bits per heavy atom. The Kier molecular flexibility index (Phi) is 4.90. The molecule has 0 unspecified atom stereocenters. The summed E-state index contributed by atoms with van der Waals surface area (Å²) in [4.78, 5) is 24.6. The standard InChI is InChI=1S/C19H15NO5S/c1-3-11(9-24-2)17-16(19(22)23)13(10-26-17)20-18(21)15-8-12-6-4-5-7-14(12)25-15/h3-10H,1H2,2H3,(H,20,21)(H,22,23). The number of carboxylic acids is 1. The van der Waals surface area contributed by atoms with Gasteiger partial charge in [-0.15, -0.1) is 11.3 Å². The average Bonchev–Trinajstić information content (AvgIpc) is 3.23. The molecule has 3 aromatic rings. The highest BCUT2D eigenvalue weighted by molar-refractivity contribution is 7.12. The first-order valence-corrected chi connectivity index (χ1v) is 8.43. The lowest BCUT2D eigenvalue weighted by atomic mass is 10.1. The van der Waals surface area contributed by atoms with Crippen molar-refractivity contribution in [3.63, 3.8) is 0 Å². The predicted octanol–water partition coefficient (Wildman–Crippen LogP) is 4.62. The quantitative estimate of drug-likeness (QED) is 0.489. The van der Waals surface area contributed by atoms with E-state index in [4.69, 9.17) is 9.15 Å². The van der Waals surface area contributed by atoms with E-state index < -0.39 is 11.9 Å². The highest BCUT2D eigenvalue weighted by Crippen LogP contribution is 2.34. The normalized spacial score (nSPS) is 11.3. The number of hydrogen-bond acceptors (Lipinski definition) is 5. The van der Waals surface area contributed by atoms with Crippen LogP contribution in [0.5, 0.6) is 0 Å². The summed E-state index contributed by atoms with van der Waals surface area (Å²) in [7, 11) is 1.46. The van der Waals surface area contributed by atoms with Gasteiger partial charge in [0.05, 0.1) is 23.9 Å². The highest BCUT2D eigenvalue weighted by Gasteiger charge is 2.23. The molecule has 2 heterocycles. The molecular weight excluding hydrogens is 354 g/mol. The van der Waals surface area contributed by atoms with Crippen molar-refractivity contribution < 1.29 is 23.8 Å². The van der Waals surface area contributed by atoms with Crippen LogP contribution in [0, 0.1) is 0 Å². The Labute approximate surface area is 153 Å². The largest absolute Gasteiger partial charge is 0.504 e. The van der Waals surface area contributed by atoms with Gasteiger partial charge < -0.3 is 19.6 Å². The maximum atomic E-state index is 12.5. The Morgan fingerprint density at radius 2 is 2.12 bits per heavy atom. The Hall–Kier alpha value is -3.32. The van der Waals surface area contributed by atoms with Gasteiger partial charge in [0.25, 0.3) is 5.91 Å². The molecule has 0 aliphatic carbocycles. The molecule has 2 N–H and O–H groups in total. The third-order valence-corrected chi connectivity index (χ3v) is 4.66. The lowest BCUT2D eigenvalue weighted by Crippen LogP contribution is -2.13. The second-order valence-corrected chi connectivity index (χ2v) is 6.15. The van der Waals surface area contributed by atoms with Crippen LogP contribution in [-0.4, -0.2) is 24.1 Å². The number of methoxy groups -OCH3 is 1. The van der Waals surface area contributed by atoms with Gasteiger partial charge in [-0.25, -0.2) is 4.79 Å². The van der Waals surface area contributed by atoms with Crippen molar-refractivity contribution in [1.29, 1.82) is 0 Å². The summed E-state index contributed by atoms with van der Waals surface area (Å²) in [5.74, 6) is -1.58. The summed E-state index contributed by atoms with van der Waals surface area (Å²) < 4.78 is 10.5. The minimum Gasteiger partial charge on any atom is -0.504 e. The molecule has 1 amide bonds. The van der Waals surface area contributed by atoms with Crippen LogP contribution in [0.3, 0.4) is 0 Å². The number of furan rings is 1. The Balaban J connectivity index is 1.95. The molecule has 26 heavy (non-hydrogen) atoms. The number of amides is 1. The molecule has 132 valence electrons. The van der Waals surface area contributed by atoms with Crippen LogP contribution >= 0.6 is 11.3 Å². The van der Waals surface area contributed by atoms with Gasteiger partial charge in [0.1, 0.15) is 11.1 Å². The molecule has 0 radical (unpaired) electrons. The van der Waals surface area contributed by atoms with Crippen LogP contribution in [0.25, 0.3) is 16.5 Å². The molecule has 0 aliphatic heterocycles. The Morgan fingerprint density at radius 1 is 1.35 bits per heavy atom. The molecule has 6 nitrogen and oxygen atoms in total. The van der Waals surface area contributed by atoms with Crippen molar-refractivity contribution in [1.82, 2.24) is 0 Å². The third-order valence-electron chi connectivity index (χ3n) is 3.63. The first-order chi connectivity index (χ1) is 12.5. The van der Waals surface area contributed by atoms with Crippen LogP contribution < -0.4 is 5.32 Å². The number of rotatable bonds is 6. The van der Waals surface area contributed by atoms with Gasteiger partial charge >= 0.3 is 5.97 Å². The van der Waals surface area contributed by atoms with Gasteiger partial charge in [0.2, 0.25) is 0 Å². The predicted molar refractivity (Wildman–Crippen MR) is 101 cm³/mol. The fraction of sp³-hybridized carbons (Fsp3) is 0.0526. The van der Waals surface area contributed by atoms with Crippen molar-refractivity contribution in [3.05, 3.63) is 70.8 Å². The number of anilines is 1. The summed E-state index contributed by atoms with van der Waals surface area (Å²) in [6.07, 6.45) is 2.89. The molecule has 3 rings (SSSR count). The van der Waals surface area contributed by atoms with E-state index in [1.165, 1.54) is 30.8 Å². The molecule has 0 atom stereocenters. The number of fused-ring (bicyclic) bond motifs is 1. The molecule has 0 bridgehead atoms. The first-order valence-electron chi connectivity index (χ1n) is 7.55. The average molecular weight is 369 g/mol. The van der Waals surface area contributed by atoms with E-state index in [-0.39, 0.29) is 17.0 Å². The number of allylic oxidation sites excluding steroid dienone is 2. The zero-order valence-corrected chi connectivity index (χ0v) is 14.6. The van der Waals surface area contributed by atoms with Crippen molar-refractivity contribution in [2.45, 2.75) is 0 Å². The van der Waals surface area contributed by atoms with Crippen LogP contribution in [0.2, 0.25) is 0 Å². The molecule has 0 saturated heterocycles. The van der Waals surface area contributed by atoms with Crippen molar-refractivity contribution in [2.24, 2.45) is 0 Å². The van der Waals surface area contributed by atoms with E-state index >= 15 is 0 Å². The lowest BCUT2D eigenvalue weighted by molar-refractivity contribution is 0.0698. The number of benzene rings is 1. The van der Waals surface area contributed by atoms with Gasteiger partial charge in [0, 0.05) is 16.3 Å². The van der Waals surface area contributed by atoms with Gasteiger partial charge in [-0.2, -0.15) is 0 Å². The summed E-state index contributed by atoms with van der Waals surface area (Å²) >= 11 is 1.17. The number of hydrogen-bond donors (Lipinski definition) is 2. The topological polar surface area (TPSA) is 88.8 Å². The van der Waals surface area contributed by atoms with Gasteiger partial charge in [0.15, 0.2) is 5.76 Å². The van der Waals surface area contributed by atoms with Gasteiger partial charge in [-0.1, -0.05) is 30.9 Å². The summed E-state index contributed by atoms with van der Waals surface area (Å²) in [6.45, 7) is 3.66. The number of carbonyl (C=O) groups excluding carboxylic acids is 1. The third kappa shape index (κ3) is 3.25. The number of aromatic carboxylic acids is 1. The molecule has 2 aromatic heterocycles. The van der Waals surface area contributed by atoms with Crippen molar-refractivity contribution >= 4 is 45.4 Å². The summed E-state index contributed by atoms with van der Waals surface area (Å²) in [5, 5.41) is 14.5. The molecule has 7 heteroatoms. The smallest absolute Gasteiger partial charge is 0.339 e. The first kappa shape index (κ1) is 17.5. The minimum atomic E-state index is -1.16. The number of nitrogens with one attached hydrogen (secondary N) is 1. The fourth-order valence-corrected chi connectivity index (χ4v) is 3.47. The molecule has 0 fully saturated rings. The number of carbonyl (C=O) groups is 2. The zero-order chi connectivity index (χ0) is 18.7. The van der Waals surface area contributed by atoms with Crippen LogP contribution in [-0.2, 0) is 4.74 Å². The Bertz CT molecular complexity index is 995. The number of para-hydroxylation sites is 1. The van der Waals surface area contributed by atoms with Crippen LogP contribution in [0.1, 0.15) is 25.8 Å². The van der Waals surface area contributed by atoms with Crippen LogP contribution in [0.15, 0.2) is 59.0 Å². The molecule has 0 spiro atoms. The summed E-state index contributed by atoms with van der Waals surface area (Å²) in [6, 6.07) is 8.83. The molecule has 0 aliphatic rings. The number of thiophene rings is 1. The SMILES string of the molecule is C=CC(=COC)c1scc(NC(=O)c2cc3ccccc3o2)c1C(=O)O. The maximum Gasteiger partial charge on any atom is 0.339 e. The van der Waals surface area contributed by atoms with E-state index in [9.17, 15) is 14.7 Å². The molecular formula is C19H15NO5S. The number of carboxylic acid groups (broad SMARTS) is 1. The molecule has 0 saturated carbocycles. The van der Waals surface area contributed by atoms with E-state index in [1.807, 2.05) is 12.1 Å². The van der Waals surface area contributed by atoms with E-state index in [2.05, 4.69) is 11.9 Å². The second kappa shape index (κ2) is 7.28. The van der Waals surface area contributed by atoms with E-state index in [1.54, 1.807) is 23.6 Å². The highest BCUT2D eigenvalue weighted by atomic mass is 32.1. The number of ether oxygens (including phenoxy) is 1. The van der Waals surface area contributed by atoms with Gasteiger partial charge in [-0.05, 0) is 12.1 Å². The van der Waals surface area contributed by atoms with E-state index in [0.717, 1.165) is 5.39 Å². The molecule has 1 aromatic carbocycles. The van der Waals surface area contributed by atoms with Crippen molar-refractivity contribution in [3.8, 4) is 0 Å². The summed E-state index contributed by atoms with van der Waals surface area (Å²) in [5.41, 5.74) is 1.26. The van der Waals surface area contributed by atoms with E-state index in [0.29, 0.717) is 16.0 Å². The van der Waals surface area contributed by atoms with Crippen molar-refractivity contribution in [2.75, 3.05) is 12.4 Å². The zero-order valence-electron chi connectivity index (χ0n) is 13.8. The fourth-order valence-electron chi connectivity index (χ4n) is 2.47. The minimum absolute atomic E-state index is 0.0253. The van der Waals surface area contributed by atoms with Crippen LogP contribution in [0.4, 0.5) is 5.69 Å².